The standard InChI is InChI=1S/C12H17N/c1-4-11-5-8-6(11)10-7(11)9(5)12(8,10)13(2)3/h5-10H,4H2,1-3H3. The summed E-state index contributed by atoms with van der Waals surface area (Å²) >= 11 is 0. The van der Waals surface area contributed by atoms with Crippen LogP contribution in [-0.4, -0.2) is 24.5 Å². The van der Waals surface area contributed by atoms with Crippen molar-refractivity contribution in [2.75, 3.05) is 14.1 Å². The van der Waals surface area contributed by atoms with E-state index in [0.717, 1.165) is 11.0 Å². The first-order valence-electron chi connectivity index (χ1n) is 5.91. The molecular weight excluding hydrogens is 158 g/mol. The van der Waals surface area contributed by atoms with E-state index in [1.807, 2.05) is 0 Å². The van der Waals surface area contributed by atoms with Crippen LogP contribution in [0.5, 0.6) is 0 Å². The Morgan fingerprint density at radius 3 is 1.69 bits per heavy atom. The molecule has 0 saturated heterocycles. The Hall–Kier alpha value is -0.0400. The molecule has 6 saturated carbocycles. The minimum atomic E-state index is 0.775. The van der Waals surface area contributed by atoms with E-state index in [1.54, 1.807) is 0 Å². The molecule has 0 aliphatic heterocycles. The molecule has 0 spiro atoms. The molecule has 0 atom stereocenters. The number of hydrogen-bond acceptors (Lipinski definition) is 1. The average Bonchev–Trinajstić information content (AvgIpc) is 2.16. The van der Waals surface area contributed by atoms with E-state index in [9.17, 15) is 0 Å². The van der Waals surface area contributed by atoms with Gasteiger partial charge in [0.25, 0.3) is 0 Å². The van der Waals surface area contributed by atoms with Crippen molar-refractivity contribution in [3.05, 3.63) is 0 Å². The van der Waals surface area contributed by atoms with Crippen LogP contribution in [0, 0.1) is 40.9 Å². The van der Waals surface area contributed by atoms with Crippen molar-refractivity contribution in [3.63, 3.8) is 0 Å². The van der Waals surface area contributed by atoms with Crippen molar-refractivity contribution in [2.24, 2.45) is 40.9 Å². The third-order valence-electron chi connectivity index (χ3n) is 7.17. The molecule has 13 heavy (non-hydrogen) atoms. The van der Waals surface area contributed by atoms with Gasteiger partial charge in [-0.1, -0.05) is 6.92 Å². The highest BCUT2D eigenvalue weighted by atomic mass is 15.3. The maximum Gasteiger partial charge on any atom is 0.0305 e. The van der Waals surface area contributed by atoms with E-state index in [4.69, 9.17) is 0 Å². The third-order valence-corrected chi connectivity index (χ3v) is 7.17. The van der Waals surface area contributed by atoms with Crippen LogP contribution in [0.4, 0.5) is 0 Å². The van der Waals surface area contributed by atoms with Gasteiger partial charge in [-0.25, -0.2) is 0 Å². The summed E-state index contributed by atoms with van der Waals surface area (Å²) in [6.07, 6.45) is 1.50. The van der Waals surface area contributed by atoms with Crippen molar-refractivity contribution in [3.8, 4) is 0 Å². The van der Waals surface area contributed by atoms with Crippen LogP contribution >= 0.6 is 0 Å². The summed E-state index contributed by atoms with van der Waals surface area (Å²) in [5.74, 6) is 7.13. The molecule has 0 N–H and O–H groups in total. The summed E-state index contributed by atoms with van der Waals surface area (Å²) in [6, 6.07) is 0. The summed E-state index contributed by atoms with van der Waals surface area (Å²) in [4.78, 5) is 2.58. The normalized spacial score (nSPS) is 83.1. The second-order valence-corrected chi connectivity index (χ2v) is 6.40. The maximum absolute atomic E-state index is 2.58. The molecule has 0 aromatic heterocycles. The Labute approximate surface area is 79.5 Å². The van der Waals surface area contributed by atoms with Gasteiger partial charge >= 0.3 is 0 Å². The summed E-state index contributed by atoms with van der Waals surface area (Å²) in [7, 11) is 4.64. The SMILES string of the molecule is CCC12C3C4C1C1C2C3C41N(C)C. The molecule has 1 heteroatoms. The molecule has 6 aliphatic carbocycles. The van der Waals surface area contributed by atoms with Crippen LogP contribution in [0.15, 0.2) is 0 Å². The van der Waals surface area contributed by atoms with Crippen LogP contribution in [-0.2, 0) is 0 Å². The van der Waals surface area contributed by atoms with Crippen LogP contribution in [0.3, 0.4) is 0 Å². The van der Waals surface area contributed by atoms with Crippen molar-refractivity contribution < 1.29 is 0 Å². The molecular formula is C12H17N. The highest BCUT2D eigenvalue weighted by Crippen LogP contribution is 3.08. The highest BCUT2D eigenvalue weighted by Gasteiger charge is 3.09. The fourth-order valence-electron chi connectivity index (χ4n) is 7.30. The van der Waals surface area contributed by atoms with Gasteiger partial charge in [0, 0.05) is 5.54 Å². The van der Waals surface area contributed by atoms with Crippen molar-refractivity contribution >= 4 is 0 Å². The Kier molecular flexibility index (Phi) is 0.618. The van der Waals surface area contributed by atoms with Gasteiger partial charge in [0.1, 0.15) is 0 Å². The molecule has 0 radical (unpaired) electrons. The maximum atomic E-state index is 2.58. The number of hydrogen-bond donors (Lipinski definition) is 0. The molecule has 1 nitrogen and oxygen atoms in total. The van der Waals surface area contributed by atoms with E-state index in [0.29, 0.717) is 0 Å². The molecule has 0 aromatic carbocycles. The minimum absolute atomic E-state index is 0.775. The van der Waals surface area contributed by atoms with E-state index < -0.39 is 0 Å². The topological polar surface area (TPSA) is 3.24 Å². The third kappa shape index (κ3) is 0.249. The number of rotatable bonds is 2. The Morgan fingerprint density at radius 2 is 1.38 bits per heavy atom. The molecule has 6 fully saturated rings. The van der Waals surface area contributed by atoms with Crippen molar-refractivity contribution in [1.29, 1.82) is 0 Å². The fraction of sp³-hybridized carbons (Fsp3) is 1.00. The summed E-state index contributed by atoms with van der Waals surface area (Å²) in [5.41, 5.74) is 1.72. The lowest BCUT2D eigenvalue weighted by Gasteiger charge is -3.12. The summed E-state index contributed by atoms with van der Waals surface area (Å²) in [5, 5.41) is 0. The van der Waals surface area contributed by atoms with Gasteiger partial charge in [-0.15, -0.1) is 0 Å². The number of nitrogens with zero attached hydrogens (tertiary/aromatic N) is 1. The molecule has 70 valence electrons. The van der Waals surface area contributed by atoms with Gasteiger partial charge in [0.2, 0.25) is 0 Å². The molecule has 6 rings (SSSR count). The van der Waals surface area contributed by atoms with Gasteiger partial charge in [-0.05, 0) is 61.4 Å². The molecule has 0 unspecified atom stereocenters. The van der Waals surface area contributed by atoms with Crippen LogP contribution in [0.25, 0.3) is 0 Å². The molecule has 6 aliphatic rings. The lowest BCUT2D eigenvalue weighted by Crippen LogP contribution is -3.14. The van der Waals surface area contributed by atoms with Crippen LogP contribution < -0.4 is 0 Å². The zero-order valence-corrected chi connectivity index (χ0v) is 8.62. The quantitative estimate of drug-likeness (QED) is 0.614. The van der Waals surface area contributed by atoms with Crippen molar-refractivity contribution in [1.82, 2.24) is 4.90 Å². The first kappa shape index (κ1) is 6.44. The largest absolute Gasteiger partial charge is 0.303 e. The summed E-state index contributed by atoms with van der Waals surface area (Å²) < 4.78 is 0. The predicted octanol–water partition coefficient (Wildman–Crippen LogP) is 1.45. The predicted molar refractivity (Wildman–Crippen MR) is 50.1 cm³/mol. The smallest absolute Gasteiger partial charge is 0.0305 e. The van der Waals surface area contributed by atoms with Gasteiger partial charge in [-0.3, -0.25) is 0 Å². The fourth-order valence-corrected chi connectivity index (χ4v) is 7.30. The van der Waals surface area contributed by atoms with E-state index in [1.165, 1.54) is 41.9 Å². The van der Waals surface area contributed by atoms with E-state index >= 15 is 0 Å². The monoisotopic (exact) mass is 175 g/mol. The molecule has 0 bridgehead atoms. The molecule has 0 heterocycles. The van der Waals surface area contributed by atoms with Gasteiger partial charge in [0.05, 0.1) is 0 Å². The van der Waals surface area contributed by atoms with Gasteiger partial charge < -0.3 is 4.90 Å². The zero-order chi connectivity index (χ0) is 8.75. The minimum Gasteiger partial charge on any atom is -0.303 e. The summed E-state index contributed by atoms with van der Waals surface area (Å²) in [6.45, 7) is 2.43. The van der Waals surface area contributed by atoms with Crippen LogP contribution in [0.1, 0.15) is 13.3 Å². The first-order chi connectivity index (χ1) is 6.24. The Balaban J connectivity index is 1.63. The van der Waals surface area contributed by atoms with E-state index in [2.05, 4.69) is 25.9 Å². The lowest BCUT2D eigenvalue weighted by molar-refractivity contribution is -0.642. The molecule has 0 amide bonds. The second kappa shape index (κ2) is 1.25. The van der Waals surface area contributed by atoms with Crippen molar-refractivity contribution in [2.45, 2.75) is 18.9 Å². The molecule has 0 aromatic rings. The Bertz CT molecular complexity index is 289. The lowest BCUT2D eigenvalue weighted by atomic mass is 8.93. The van der Waals surface area contributed by atoms with Gasteiger partial charge in [0.15, 0.2) is 0 Å². The van der Waals surface area contributed by atoms with Gasteiger partial charge in [-0.2, -0.15) is 0 Å². The average molecular weight is 175 g/mol. The van der Waals surface area contributed by atoms with Crippen LogP contribution in [0.2, 0.25) is 0 Å². The van der Waals surface area contributed by atoms with E-state index in [-0.39, 0.29) is 0 Å². The zero-order valence-electron chi connectivity index (χ0n) is 8.62. The second-order valence-electron chi connectivity index (χ2n) is 6.40. The first-order valence-corrected chi connectivity index (χ1v) is 5.91. The highest BCUT2D eigenvalue weighted by molar-refractivity contribution is 5.58. The Morgan fingerprint density at radius 1 is 0.923 bits per heavy atom.